The van der Waals surface area contributed by atoms with Crippen molar-refractivity contribution in [1.29, 1.82) is 0 Å². The first-order valence-electron chi connectivity index (χ1n) is 9.01. The summed E-state index contributed by atoms with van der Waals surface area (Å²) in [4.78, 5) is 42.6. The predicted octanol–water partition coefficient (Wildman–Crippen LogP) is 1.45. The third-order valence-electron chi connectivity index (χ3n) is 4.56. The number of pyridine rings is 1. The van der Waals surface area contributed by atoms with Crippen LogP contribution in [0, 0.1) is 0 Å². The summed E-state index contributed by atoms with van der Waals surface area (Å²) in [6, 6.07) is 9.70. The van der Waals surface area contributed by atoms with Gasteiger partial charge >= 0.3 is 0 Å². The molecule has 1 saturated heterocycles. The van der Waals surface area contributed by atoms with Crippen LogP contribution in [0.5, 0.6) is 5.75 Å². The lowest BCUT2D eigenvalue weighted by Gasteiger charge is -2.24. The van der Waals surface area contributed by atoms with E-state index < -0.39 is 6.04 Å². The molecule has 0 bridgehead atoms. The highest BCUT2D eigenvalue weighted by atomic mass is 16.5. The van der Waals surface area contributed by atoms with Crippen molar-refractivity contribution in [2.24, 2.45) is 0 Å². The molecule has 0 spiro atoms. The van der Waals surface area contributed by atoms with Crippen molar-refractivity contribution >= 4 is 23.4 Å². The second kappa shape index (κ2) is 8.98. The number of amides is 3. The Hall–Kier alpha value is -3.42. The molecule has 2 aromatic rings. The lowest BCUT2D eigenvalue weighted by Crippen LogP contribution is -2.47. The summed E-state index contributed by atoms with van der Waals surface area (Å²) in [5.41, 5.74) is 1.01. The summed E-state index contributed by atoms with van der Waals surface area (Å²) in [6.45, 7) is 0.322. The molecular formula is C20H22N4O4. The smallest absolute Gasteiger partial charge is 0.253 e. The Morgan fingerprint density at radius 2 is 2.00 bits per heavy atom. The molecule has 2 N–H and O–H groups in total. The molecule has 1 aliphatic rings. The predicted molar refractivity (Wildman–Crippen MR) is 103 cm³/mol. The maximum atomic E-state index is 12.6. The number of rotatable bonds is 6. The van der Waals surface area contributed by atoms with Gasteiger partial charge in [-0.05, 0) is 49.2 Å². The zero-order chi connectivity index (χ0) is 19.9. The van der Waals surface area contributed by atoms with Crippen LogP contribution in [0.25, 0.3) is 0 Å². The normalized spacial score (nSPS) is 15.8. The van der Waals surface area contributed by atoms with E-state index in [1.54, 1.807) is 49.7 Å². The highest BCUT2D eigenvalue weighted by molar-refractivity contribution is 5.99. The second-order valence-corrected chi connectivity index (χ2v) is 6.39. The van der Waals surface area contributed by atoms with E-state index in [0.717, 1.165) is 6.42 Å². The number of hydrogen-bond donors (Lipinski definition) is 2. The second-order valence-electron chi connectivity index (χ2n) is 6.39. The molecule has 1 aromatic heterocycles. The van der Waals surface area contributed by atoms with E-state index in [9.17, 15) is 14.4 Å². The molecule has 3 amide bonds. The van der Waals surface area contributed by atoms with Crippen molar-refractivity contribution in [3.05, 3.63) is 54.4 Å². The van der Waals surface area contributed by atoms with Crippen molar-refractivity contribution in [1.82, 2.24) is 15.2 Å². The van der Waals surface area contributed by atoms with E-state index in [2.05, 4.69) is 15.6 Å². The van der Waals surface area contributed by atoms with Gasteiger partial charge in [0.2, 0.25) is 11.8 Å². The van der Waals surface area contributed by atoms with Crippen LogP contribution in [-0.2, 0) is 9.59 Å². The zero-order valence-electron chi connectivity index (χ0n) is 15.6. The first-order valence-corrected chi connectivity index (χ1v) is 9.01. The van der Waals surface area contributed by atoms with Gasteiger partial charge in [-0.25, -0.2) is 0 Å². The third-order valence-corrected chi connectivity index (χ3v) is 4.56. The molecule has 146 valence electrons. The largest absolute Gasteiger partial charge is 0.497 e. The van der Waals surface area contributed by atoms with Crippen molar-refractivity contribution in [2.45, 2.75) is 18.9 Å². The average Bonchev–Trinajstić information content (AvgIpc) is 3.23. The van der Waals surface area contributed by atoms with Gasteiger partial charge in [0, 0.05) is 24.6 Å². The number of ether oxygens (including phenoxy) is 1. The summed E-state index contributed by atoms with van der Waals surface area (Å²) >= 11 is 0. The van der Waals surface area contributed by atoms with Crippen molar-refractivity contribution in [3.8, 4) is 5.75 Å². The van der Waals surface area contributed by atoms with E-state index in [0.29, 0.717) is 30.0 Å². The van der Waals surface area contributed by atoms with Gasteiger partial charge in [0.05, 0.1) is 19.2 Å². The van der Waals surface area contributed by atoms with Crippen LogP contribution in [0.2, 0.25) is 0 Å². The molecular weight excluding hydrogens is 360 g/mol. The van der Waals surface area contributed by atoms with Crippen molar-refractivity contribution < 1.29 is 19.1 Å². The molecule has 8 heteroatoms. The Kier molecular flexibility index (Phi) is 6.21. The summed E-state index contributed by atoms with van der Waals surface area (Å²) in [5, 5.41) is 5.41. The highest BCUT2D eigenvalue weighted by Gasteiger charge is 2.34. The topological polar surface area (TPSA) is 101 Å². The molecule has 0 aliphatic carbocycles. The minimum absolute atomic E-state index is 0.167. The van der Waals surface area contributed by atoms with E-state index in [1.165, 1.54) is 11.1 Å². The number of carbonyl (C=O) groups excluding carboxylic acids is 3. The molecule has 0 radical (unpaired) electrons. The van der Waals surface area contributed by atoms with E-state index in [-0.39, 0.29) is 24.3 Å². The molecule has 1 aliphatic heterocycles. The zero-order valence-corrected chi connectivity index (χ0v) is 15.6. The Labute approximate surface area is 162 Å². The van der Waals surface area contributed by atoms with Crippen LogP contribution in [0.1, 0.15) is 23.2 Å². The monoisotopic (exact) mass is 382 g/mol. The molecule has 1 atom stereocenters. The minimum atomic E-state index is -0.551. The number of methoxy groups -OCH3 is 1. The van der Waals surface area contributed by atoms with Crippen LogP contribution in [0.15, 0.2) is 48.8 Å². The molecule has 1 fully saturated rings. The van der Waals surface area contributed by atoms with Crippen molar-refractivity contribution in [2.75, 3.05) is 25.5 Å². The lowest BCUT2D eigenvalue weighted by atomic mass is 10.2. The van der Waals surface area contributed by atoms with Gasteiger partial charge in [-0.3, -0.25) is 19.4 Å². The number of nitrogens with zero attached hydrogens (tertiary/aromatic N) is 2. The van der Waals surface area contributed by atoms with Crippen LogP contribution >= 0.6 is 0 Å². The molecule has 8 nitrogen and oxygen atoms in total. The number of likely N-dealkylation sites (tertiary alicyclic amines) is 1. The lowest BCUT2D eigenvalue weighted by molar-refractivity contribution is -0.135. The minimum Gasteiger partial charge on any atom is -0.497 e. The number of carbonyl (C=O) groups is 3. The van der Waals surface area contributed by atoms with E-state index in [1.807, 2.05) is 0 Å². The van der Waals surface area contributed by atoms with Gasteiger partial charge in [0.1, 0.15) is 11.8 Å². The summed E-state index contributed by atoms with van der Waals surface area (Å²) < 4.78 is 5.10. The molecule has 0 saturated carbocycles. The number of benzene rings is 1. The van der Waals surface area contributed by atoms with Crippen LogP contribution in [-0.4, -0.2) is 53.8 Å². The Morgan fingerprint density at radius 3 is 2.68 bits per heavy atom. The number of hydrogen-bond acceptors (Lipinski definition) is 5. The fourth-order valence-electron chi connectivity index (χ4n) is 3.09. The van der Waals surface area contributed by atoms with Crippen LogP contribution in [0.3, 0.4) is 0 Å². The average molecular weight is 382 g/mol. The van der Waals surface area contributed by atoms with Gasteiger partial charge in [-0.2, -0.15) is 0 Å². The quantitative estimate of drug-likeness (QED) is 0.788. The number of anilines is 1. The van der Waals surface area contributed by atoms with Gasteiger partial charge in [-0.15, -0.1) is 0 Å². The molecule has 2 heterocycles. The van der Waals surface area contributed by atoms with E-state index in [4.69, 9.17) is 4.74 Å². The molecule has 1 unspecified atom stereocenters. The first-order chi connectivity index (χ1) is 13.6. The summed E-state index contributed by atoms with van der Waals surface area (Å²) in [7, 11) is 1.57. The fraction of sp³-hybridized carbons (Fsp3) is 0.300. The maximum absolute atomic E-state index is 12.6. The van der Waals surface area contributed by atoms with Crippen LogP contribution < -0.4 is 15.4 Å². The Bertz CT molecular complexity index is 839. The molecule has 28 heavy (non-hydrogen) atoms. The standard InChI is InChI=1S/C20H22N4O4/c1-28-16-8-6-15(7-9-16)23-20(27)17-5-3-11-24(17)18(25)13-22-19(26)14-4-2-10-21-12-14/h2,4,6-10,12,17H,3,5,11,13H2,1H3,(H,22,26)(H,23,27). The summed E-state index contributed by atoms with van der Waals surface area (Å²) in [6.07, 6.45) is 4.33. The maximum Gasteiger partial charge on any atom is 0.253 e. The van der Waals surface area contributed by atoms with Crippen molar-refractivity contribution in [3.63, 3.8) is 0 Å². The molecule has 3 rings (SSSR count). The van der Waals surface area contributed by atoms with E-state index >= 15 is 0 Å². The van der Waals surface area contributed by atoms with Crippen LogP contribution in [0.4, 0.5) is 5.69 Å². The van der Waals surface area contributed by atoms with Gasteiger partial charge in [0.25, 0.3) is 5.91 Å². The molecule has 1 aromatic carbocycles. The SMILES string of the molecule is COc1ccc(NC(=O)C2CCCN2C(=O)CNC(=O)c2cccnc2)cc1. The van der Waals surface area contributed by atoms with Gasteiger partial charge < -0.3 is 20.3 Å². The van der Waals surface area contributed by atoms with Gasteiger partial charge in [-0.1, -0.05) is 0 Å². The van der Waals surface area contributed by atoms with Gasteiger partial charge in [0.15, 0.2) is 0 Å². The summed E-state index contributed by atoms with van der Waals surface area (Å²) in [5.74, 6) is -0.209. The Morgan fingerprint density at radius 1 is 1.21 bits per heavy atom. The third kappa shape index (κ3) is 4.64. The first kappa shape index (κ1) is 19.3. The highest BCUT2D eigenvalue weighted by Crippen LogP contribution is 2.20. The number of nitrogens with one attached hydrogen (secondary N) is 2. The fourth-order valence-corrected chi connectivity index (χ4v) is 3.09. The Balaban J connectivity index is 1.56. The number of aromatic nitrogens is 1.